The lowest BCUT2D eigenvalue weighted by atomic mass is 9.98. The van der Waals surface area contributed by atoms with Gasteiger partial charge in [0.25, 0.3) is 6.04 Å². The number of nitrogens with zero attached hydrogens (tertiary/aromatic N) is 1. The second-order valence-electron chi connectivity index (χ2n) is 4.22. The second kappa shape index (κ2) is 5.91. The minimum atomic E-state index is -1.23. The van der Waals surface area contributed by atoms with Crippen molar-refractivity contribution >= 4 is 5.78 Å². The van der Waals surface area contributed by atoms with Gasteiger partial charge in [0, 0.05) is 16.9 Å². The number of hydrogen-bond donors (Lipinski definition) is 0. The number of hydrogen-bond acceptors (Lipinski definition) is 3. The van der Waals surface area contributed by atoms with Gasteiger partial charge in [-0.15, -0.1) is 0 Å². The van der Waals surface area contributed by atoms with E-state index >= 15 is 0 Å². The Morgan fingerprint density at radius 1 is 1.00 bits per heavy atom. The van der Waals surface area contributed by atoms with Gasteiger partial charge < -0.3 is 0 Å². The first kappa shape index (κ1) is 13.0. The predicted molar refractivity (Wildman–Crippen MR) is 71.7 cm³/mol. The van der Waals surface area contributed by atoms with Gasteiger partial charge in [-0.3, -0.25) is 14.9 Å². The normalized spacial score (nSPS) is 11.8. The van der Waals surface area contributed by atoms with Crippen LogP contribution in [0.3, 0.4) is 0 Å². The predicted octanol–water partition coefficient (Wildman–Crippen LogP) is 2.76. The fourth-order valence-electron chi connectivity index (χ4n) is 1.90. The van der Waals surface area contributed by atoms with Crippen LogP contribution in [0, 0.1) is 10.1 Å². The van der Waals surface area contributed by atoms with Gasteiger partial charge in [0.05, 0.1) is 0 Å². The van der Waals surface area contributed by atoms with Crippen molar-refractivity contribution in [2.24, 2.45) is 0 Å². The Morgan fingerprint density at radius 2 is 1.53 bits per heavy atom. The molecule has 1 atom stereocenters. The van der Waals surface area contributed by atoms with Gasteiger partial charge in [-0.2, -0.15) is 0 Å². The van der Waals surface area contributed by atoms with Crippen LogP contribution in [0.4, 0.5) is 0 Å². The van der Waals surface area contributed by atoms with Crippen LogP contribution in [0.2, 0.25) is 0 Å². The summed E-state index contributed by atoms with van der Waals surface area (Å²) in [6.45, 7) is 0. The van der Waals surface area contributed by atoms with Crippen molar-refractivity contribution in [1.29, 1.82) is 0 Å². The molecule has 0 aliphatic rings. The highest BCUT2D eigenvalue weighted by atomic mass is 16.6. The molecule has 1 unspecified atom stereocenters. The molecule has 0 aromatic heterocycles. The third-order valence-electron chi connectivity index (χ3n) is 2.89. The average Bonchev–Trinajstić information content (AvgIpc) is 2.46. The van der Waals surface area contributed by atoms with Gasteiger partial charge in [0.15, 0.2) is 0 Å². The summed E-state index contributed by atoms with van der Waals surface area (Å²) < 4.78 is 0. The zero-order chi connectivity index (χ0) is 13.7. The Labute approximate surface area is 110 Å². The summed E-state index contributed by atoms with van der Waals surface area (Å²) in [5.74, 6) is -0.450. The van der Waals surface area contributed by atoms with Crippen LogP contribution >= 0.6 is 0 Å². The lowest BCUT2D eigenvalue weighted by Gasteiger charge is -2.08. The minimum absolute atomic E-state index is 0.113. The molecule has 4 heteroatoms. The van der Waals surface area contributed by atoms with Gasteiger partial charge in [-0.1, -0.05) is 60.7 Å². The summed E-state index contributed by atoms with van der Waals surface area (Å²) in [6.07, 6.45) is 0.113. The summed E-state index contributed by atoms with van der Waals surface area (Å²) in [7, 11) is 0. The molecule has 0 fully saturated rings. The van der Waals surface area contributed by atoms with Crippen LogP contribution in [-0.2, 0) is 6.42 Å². The van der Waals surface area contributed by atoms with Crippen LogP contribution in [-0.4, -0.2) is 16.7 Å². The number of Topliss-reactive ketones (excluding diaryl/α,β-unsaturated/α-hetero) is 1. The van der Waals surface area contributed by atoms with Crippen LogP contribution in [0.5, 0.6) is 0 Å². The van der Waals surface area contributed by atoms with Crippen LogP contribution in [0.25, 0.3) is 0 Å². The molecule has 0 spiro atoms. The molecular weight excluding hydrogens is 242 g/mol. The number of carbonyl (C=O) groups is 1. The first-order valence-electron chi connectivity index (χ1n) is 5.95. The summed E-state index contributed by atoms with van der Waals surface area (Å²) >= 11 is 0. The number of nitro groups is 1. The summed E-state index contributed by atoms with van der Waals surface area (Å²) in [5, 5.41) is 11.1. The molecule has 2 aromatic carbocycles. The molecule has 0 saturated carbocycles. The van der Waals surface area contributed by atoms with E-state index in [1.54, 1.807) is 54.6 Å². The molecule has 2 rings (SSSR count). The lowest BCUT2D eigenvalue weighted by Crippen LogP contribution is -2.31. The third-order valence-corrected chi connectivity index (χ3v) is 2.89. The van der Waals surface area contributed by atoms with E-state index in [1.807, 2.05) is 6.07 Å². The van der Waals surface area contributed by atoms with E-state index in [1.165, 1.54) is 0 Å². The molecule has 2 aromatic rings. The Bertz CT molecular complexity index is 566. The molecule has 0 aliphatic heterocycles. The summed E-state index contributed by atoms with van der Waals surface area (Å²) in [4.78, 5) is 22.7. The van der Waals surface area contributed by atoms with Crippen molar-refractivity contribution in [3.05, 3.63) is 81.9 Å². The Morgan fingerprint density at radius 3 is 2.05 bits per heavy atom. The molecule has 0 heterocycles. The van der Waals surface area contributed by atoms with Crippen molar-refractivity contribution < 1.29 is 9.72 Å². The first-order valence-corrected chi connectivity index (χ1v) is 5.95. The van der Waals surface area contributed by atoms with Gasteiger partial charge >= 0.3 is 0 Å². The molecule has 96 valence electrons. The van der Waals surface area contributed by atoms with Crippen LogP contribution < -0.4 is 0 Å². The second-order valence-corrected chi connectivity index (χ2v) is 4.22. The van der Waals surface area contributed by atoms with E-state index in [0.717, 1.165) is 5.56 Å². The smallest absolute Gasteiger partial charge is 0.278 e. The van der Waals surface area contributed by atoms with Gasteiger partial charge in [-0.05, 0) is 5.56 Å². The first-order chi connectivity index (χ1) is 9.18. The molecule has 0 radical (unpaired) electrons. The van der Waals surface area contributed by atoms with Gasteiger partial charge in [0.2, 0.25) is 5.78 Å². The van der Waals surface area contributed by atoms with Crippen LogP contribution in [0.1, 0.15) is 15.9 Å². The van der Waals surface area contributed by atoms with Crippen molar-refractivity contribution in [3.63, 3.8) is 0 Å². The number of carbonyl (C=O) groups excluding carboxylic acids is 1. The fraction of sp³-hybridized carbons (Fsp3) is 0.133. The molecule has 4 nitrogen and oxygen atoms in total. The topological polar surface area (TPSA) is 60.2 Å². The van der Waals surface area contributed by atoms with E-state index in [2.05, 4.69) is 0 Å². The molecular formula is C15H13NO3. The minimum Gasteiger partial charge on any atom is -0.286 e. The zero-order valence-corrected chi connectivity index (χ0v) is 10.2. The number of ketones is 1. The maximum absolute atomic E-state index is 12.1. The highest BCUT2D eigenvalue weighted by Gasteiger charge is 2.30. The van der Waals surface area contributed by atoms with Crippen molar-refractivity contribution in [2.45, 2.75) is 12.5 Å². The fourth-order valence-corrected chi connectivity index (χ4v) is 1.90. The monoisotopic (exact) mass is 255 g/mol. The Kier molecular flexibility index (Phi) is 4.03. The van der Waals surface area contributed by atoms with Crippen molar-refractivity contribution in [3.8, 4) is 0 Å². The maximum atomic E-state index is 12.1. The molecule has 0 N–H and O–H groups in total. The van der Waals surface area contributed by atoms with Gasteiger partial charge in [0.1, 0.15) is 0 Å². The molecule has 0 saturated heterocycles. The molecule has 0 aliphatic carbocycles. The molecule has 19 heavy (non-hydrogen) atoms. The van der Waals surface area contributed by atoms with E-state index in [-0.39, 0.29) is 6.42 Å². The lowest BCUT2D eigenvalue weighted by molar-refractivity contribution is -0.504. The number of rotatable bonds is 5. The average molecular weight is 255 g/mol. The Balaban J connectivity index is 2.22. The van der Waals surface area contributed by atoms with Crippen molar-refractivity contribution in [2.75, 3.05) is 0 Å². The van der Waals surface area contributed by atoms with E-state index in [0.29, 0.717) is 5.56 Å². The maximum Gasteiger partial charge on any atom is 0.278 e. The highest BCUT2D eigenvalue weighted by molar-refractivity contribution is 5.99. The zero-order valence-electron chi connectivity index (χ0n) is 10.2. The Hall–Kier alpha value is -2.49. The highest BCUT2D eigenvalue weighted by Crippen LogP contribution is 2.11. The van der Waals surface area contributed by atoms with E-state index < -0.39 is 16.7 Å². The quantitative estimate of drug-likeness (QED) is 0.469. The number of benzene rings is 2. The summed E-state index contributed by atoms with van der Waals surface area (Å²) in [6, 6.07) is 16.2. The third kappa shape index (κ3) is 3.25. The summed E-state index contributed by atoms with van der Waals surface area (Å²) in [5.41, 5.74) is 1.16. The largest absolute Gasteiger partial charge is 0.286 e. The van der Waals surface area contributed by atoms with Gasteiger partial charge in [-0.25, -0.2) is 0 Å². The standard InChI is InChI=1S/C15H13NO3/c17-15(13-9-5-2-6-10-13)14(16(18)19)11-12-7-3-1-4-8-12/h1-10,14H,11H2. The molecule has 0 amide bonds. The van der Waals surface area contributed by atoms with E-state index in [4.69, 9.17) is 0 Å². The van der Waals surface area contributed by atoms with Crippen LogP contribution in [0.15, 0.2) is 60.7 Å². The molecule has 0 bridgehead atoms. The van der Waals surface area contributed by atoms with E-state index in [9.17, 15) is 14.9 Å². The van der Waals surface area contributed by atoms with Crippen molar-refractivity contribution in [1.82, 2.24) is 0 Å². The SMILES string of the molecule is O=C(c1ccccc1)C(Cc1ccccc1)[N+](=O)[O-].